The third-order valence-corrected chi connectivity index (χ3v) is 5.27. The molecule has 2 aliphatic rings. The first-order valence-corrected chi connectivity index (χ1v) is 9.16. The molecule has 2 fully saturated rings. The molecule has 0 bridgehead atoms. The lowest BCUT2D eigenvalue weighted by molar-refractivity contribution is -0.122. The molecule has 1 N–H and O–H groups in total. The minimum atomic E-state index is -0.0256. The van der Waals surface area contributed by atoms with Gasteiger partial charge in [-0.2, -0.15) is 0 Å². The lowest BCUT2D eigenvalue weighted by Crippen LogP contribution is -2.47. The molecule has 0 unspecified atom stereocenters. The SMILES string of the molecule is O=C(CN1CCSC1=O)NC1CCN(Cc2ccccc2)CC1. The molecule has 0 saturated carbocycles. The predicted molar refractivity (Wildman–Crippen MR) is 92.3 cm³/mol. The molecule has 1 aromatic carbocycles. The van der Waals surface area contributed by atoms with Gasteiger partial charge in [-0.15, -0.1) is 0 Å². The maximum Gasteiger partial charge on any atom is 0.282 e. The summed E-state index contributed by atoms with van der Waals surface area (Å²) in [6, 6.07) is 10.7. The Morgan fingerprint density at radius 2 is 1.91 bits per heavy atom. The van der Waals surface area contributed by atoms with Gasteiger partial charge >= 0.3 is 0 Å². The Morgan fingerprint density at radius 1 is 1.17 bits per heavy atom. The first-order chi connectivity index (χ1) is 11.2. The van der Waals surface area contributed by atoms with Gasteiger partial charge in [-0.25, -0.2) is 0 Å². The van der Waals surface area contributed by atoms with Crippen LogP contribution in [-0.2, 0) is 11.3 Å². The Hall–Kier alpha value is -1.53. The lowest BCUT2D eigenvalue weighted by Gasteiger charge is -2.32. The minimum absolute atomic E-state index is 0.0256. The van der Waals surface area contributed by atoms with Gasteiger partial charge in [0, 0.05) is 38.0 Å². The predicted octanol–water partition coefficient (Wildman–Crippen LogP) is 1.94. The summed E-state index contributed by atoms with van der Waals surface area (Å²) in [7, 11) is 0. The van der Waals surface area contributed by atoms with Gasteiger partial charge in [-0.05, 0) is 18.4 Å². The maximum absolute atomic E-state index is 12.1. The van der Waals surface area contributed by atoms with Crippen LogP contribution in [0.15, 0.2) is 30.3 Å². The second-order valence-electron chi connectivity index (χ2n) is 6.14. The van der Waals surface area contributed by atoms with E-state index in [1.165, 1.54) is 17.3 Å². The minimum Gasteiger partial charge on any atom is -0.352 e. The summed E-state index contributed by atoms with van der Waals surface area (Å²) < 4.78 is 0. The fraction of sp³-hybridized carbons (Fsp3) is 0.529. The number of nitrogens with zero attached hydrogens (tertiary/aromatic N) is 2. The fourth-order valence-electron chi connectivity index (χ4n) is 3.09. The highest BCUT2D eigenvalue weighted by molar-refractivity contribution is 8.13. The number of benzene rings is 1. The Labute approximate surface area is 141 Å². The number of likely N-dealkylation sites (tertiary alicyclic amines) is 1. The van der Waals surface area contributed by atoms with Crippen molar-refractivity contribution in [2.45, 2.75) is 25.4 Å². The fourth-order valence-corrected chi connectivity index (χ4v) is 3.92. The van der Waals surface area contributed by atoms with Crippen molar-refractivity contribution in [1.82, 2.24) is 15.1 Å². The van der Waals surface area contributed by atoms with Crippen molar-refractivity contribution < 1.29 is 9.59 Å². The summed E-state index contributed by atoms with van der Waals surface area (Å²) in [5, 5.41) is 3.11. The van der Waals surface area contributed by atoms with Gasteiger partial charge in [0.1, 0.15) is 6.54 Å². The van der Waals surface area contributed by atoms with E-state index in [0.29, 0.717) is 6.54 Å². The van der Waals surface area contributed by atoms with Crippen molar-refractivity contribution in [3.8, 4) is 0 Å². The maximum atomic E-state index is 12.1. The van der Waals surface area contributed by atoms with Gasteiger partial charge in [0.2, 0.25) is 5.91 Å². The van der Waals surface area contributed by atoms with Crippen molar-refractivity contribution in [2.24, 2.45) is 0 Å². The standard InChI is InChI=1S/C17H23N3O2S/c21-16(13-20-10-11-23-17(20)22)18-15-6-8-19(9-7-15)12-14-4-2-1-3-5-14/h1-5,15H,6-13H2,(H,18,21). The van der Waals surface area contributed by atoms with Crippen molar-refractivity contribution >= 4 is 22.9 Å². The van der Waals surface area contributed by atoms with Crippen molar-refractivity contribution in [2.75, 3.05) is 31.9 Å². The van der Waals surface area contributed by atoms with Crippen LogP contribution in [0.25, 0.3) is 0 Å². The number of carbonyl (C=O) groups is 2. The smallest absolute Gasteiger partial charge is 0.282 e. The number of piperidine rings is 1. The number of rotatable bonds is 5. The molecule has 2 heterocycles. The Morgan fingerprint density at radius 3 is 2.57 bits per heavy atom. The van der Waals surface area contributed by atoms with E-state index >= 15 is 0 Å². The molecule has 3 rings (SSSR count). The van der Waals surface area contributed by atoms with Crippen LogP contribution >= 0.6 is 11.8 Å². The van der Waals surface area contributed by atoms with Crippen LogP contribution in [0.3, 0.4) is 0 Å². The van der Waals surface area contributed by atoms with Crippen LogP contribution in [-0.4, -0.2) is 58.9 Å². The molecule has 0 radical (unpaired) electrons. The molecule has 1 aromatic rings. The Kier molecular flexibility index (Phi) is 5.56. The zero-order chi connectivity index (χ0) is 16.1. The van der Waals surface area contributed by atoms with E-state index in [-0.39, 0.29) is 23.7 Å². The molecule has 2 saturated heterocycles. The summed E-state index contributed by atoms with van der Waals surface area (Å²) in [6.45, 7) is 3.86. The molecule has 124 valence electrons. The molecular formula is C17H23N3O2S. The monoisotopic (exact) mass is 333 g/mol. The van der Waals surface area contributed by atoms with E-state index in [1.807, 2.05) is 6.07 Å². The molecule has 0 spiro atoms. The second-order valence-corrected chi connectivity index (χ2v) is 7.19. The zero-order valence-corrected chi connectivity index (χ0v) is 14.1. The highest BCUT2D eigenvalue weighted by atomic mass is 32.2. The zero-order valence-electron chi connectivity index (χ0n) is 13.2. The number of amides is 2. The Bertz CT molecular complexity index is 544. The van der Waals surface area contributed by atoms with Crippen LogP contribution in [0.2, 0.25) is 0 Å². The Balaban J connectivity index is 1.39. The van der Waals surface area contributed by atoms with Crippen molar-refractivity contribution in [3.63, 3.8) is 0 Å². The van der Waals surface area contributed by atoms with E-state index in [0.717, 1.165) is 38.2 Å². The number of hydrogen-bond donors (Lipinski definition) is 1. The quantitative estimate of drug-likeness (QED) is 0.895. The van der Waals surface area contributed by atoms with E-state index in [9.17, 15) is 9.59 Å². The topological polar surface area (TPSA) is 52.7 Å². The summed E-state index contributed by atoms with van der Waals surface area (Å²) in [5.74, 6) is 0.770. The normalized spacial score (nSPS) is 20.0. The van der Waals surface area contributed by atoms with E-state index in [1.54, 1.807) is 4.90 Å². The molecule has 5 nitrogen and oxygen atoms in total. The van der Waals surface area contributed by atoms with Gasteiger partial charge in [0.05, 0.1) is 0 Å². The second kappa shape index (κ2) is 7.84. The molecule has 2 aliphatic heterocycles. The average Bonchev–Trinajstić information content (AvgIpc) is 2.95. The van der Waals surface area contributed by atoms with E-state index in [2.05, 4.69) is 34.5 Å². The number of thioether (sulfide) groups is 1. The van der Waals surface area contributed by atoms with Gasteiger partial charge in [-0.1, -0.05) is 42.1 Å². The van der Waals surface area contributed by atoms with Gasteiger partial charge in [0.25, 0.3) is 5.24 Å². The molecule has 0 aromatic heterocycles. The van der Waals surface area contributed by atoms with E-state index in [4.69, 9.17) is 0 Å². The molecule has 6 heteroatoms. The van der Waals surface area contributed by atoms with Crippen LogP contribution in [0.1, 0.15) is 18.4 Å². The van der Waals surface area contributed by atoms with Gasteiger partial charge in [-0.3, -0.25) is 14.5 Å². The lowest BCUT2D eigenvalue weighted by atomic mass is 10.0. The molecule has 0 aliphatic carbocycles. The van der Waals surface area contributed by atoms with Crippen molar-refractivity contribution in [1.29, 1.82) is 0 Å². The van der Waals surface area contributed by atoms with Crippen LogP contribution in [0.4, 0.5) is 4.79 Å². The third-order valence-electron chi connectivity index (χ3n) is 4.38. The average molecular weight is 333 g/mol. The summed E-state index contributed by atoms with van der Waals surface area (Å²) in [5.41, 5.74) is 1.33. The van der Waals surface area contributed by atoms with Gasteiger partial charge < -0.3 is 10.2 Å². The van der Waals surface area contributed by atoms with Crippen molar-refractivity contribution in [3.05, 3.63) is 35.9 Å². The number of hydrogen-bond acceptors (Lipinski definition) is 4. The first-order valence-electron chi connectivity index (χ1n) is 8.18. The largest absolute Gasteiger partial charge is 0.352 e. The summed E-state index contributed by atoms with van der Waals surface area (Å²) in [4.78, 5) is 27.6. The summed E-state index contributed by atoms with van der Waals surface area (Å²) in [6.07, 6.45) is 1.95. The van der Waals surface area contributed by atoms with E-state index < -0.39 is 0 Å². The highest BCUT2D eigenvalue weighted by Gasteiger charge is 2.25. The summed E-state index contributed by atoms with van der Waals surface area (Å²) >= 11 is 1.29. The molecule has 2 amide bonds. The van der Waals surface area contributed by atoms with Gasteiger partial charge in [0.15, 0.2) is 0 Å². The number of carbonyl (C=O) groups excluding carboxylic acids is 2. The number of nitrogens with one attached hydrogen (secondary N) is 1. The first kappa shape index (κ1) is 16.3. The highest BCUT2D eigenvalue weighted by Crippen LogP contribution is 2.17. The van der Waals surface area contributed by atoms with Crippen LogP contribution < -0.4 is 5.32 Å². The molecule has 0 atom stereocenters. The van der Waals surface area contributed by atoms with Crippen LogP contribution in [0, 0.1) is 0 Å². The molecule has 23 heavy (non-hydrogen) atoms. The van der Waals surface area contributed by atoms with Crippen LogP contribution in [0.5, 0.6) is 0 Å². The molecular weight excluding hydrogens is 310 g/mol. The third kappa shape index (κ3) is 4.72.